The third kappa shape index (κ3) is 2.89. The van der Waals surface area contributed by atoms with Gasteiger partial charge < -0.3 is 9.26 Å². The van der Waals surface area contributed by atoms with Gasteiger partial charge in [0.2, 0.25) is 0 Å². The van der Waals surface area contributed by atoms with Gasteiger partial charge in [-0.3, -0.25) is 4.52 Å². The standard InChI is InChI=1S/C17H15O4P/c1-12(2)17(18)19-11-20-22-16-10-6-4-8-14(16)13-7-3-5-9-15(13)21-22/h3-10H,1,11H2,2H3. The Balaban J connectivity index is 1.80. The lowest BCUT2D eigenvalue weighted by atomic mass is 10.0. The van der Waals surface area contributed by atoms with Gasteiger partial charge in [-0.2, -0.15) is 0 Å². The minimum atomic E-state index is -1.33. The fourth-order valence-corrected chi connectivity index (χ4v) is 3.49. The minimum Gasteiger partial charge on any atom is -0.443 e. The first kappa shape index (κ1) is 14.8. The van der Waals surface area contributed by atoms with E-state index in [0.717, 1.165) is 22.2 Å². The Bertz CT molecular complexity index is 726. The number of benzene rings is 2. The van der Waals surface area contributed by atoms with Crippen molar-refractivity contribution in [2.24, 2.45) is 0 Å². The zero-order valence-corrected chi connectivity index (χ0v) is 13.0. The summed E-state index contributed by atoms with van der Waals surface area (Å²) in [5.41, 5.74) is 2.47. The lowest BCUT2D eigenvalue weighted by Crippen LogP contribution is -2.17. The van der Waals surface area contributed by atoms with Crippen LogP contribution in [0, 0.1) is 0 Å². The number of fused-ring (bicyclic) bond motifs is 3. The van der Waals surface area contributed by atoms with Crippen molar-refractivity contribution in [2.45, 2.75) is 6.92 Å². The number of carbonyl (C=O) groups excluding carboxylic acids is 1. The van der Waals surface area contributed by atoms with Gasteiger partial charge in [0, 0.05) is 11.1 Å². The smallest absolute Gasteiger partial charge is 0.335 e. The molecule has 3 rings (SSSR count). The first-order valence-electron chi connectivity index (χ1n) is 6.79. The molecule has 0 bridgehead atoms. The molecule has 0 fully saturated rings. The molecule has 0 spiro atoms. The molecule has 1 aliphatic rings. The zero-order valence-electron chi connectivity index (χ0n) is 12.1. The van der Waals surface area contributed by atoms with Gasteiger partial charge in [0.25, 0.3) is 8.38 Å². The zero-order chi connectivity index (χ0) is 15.5. The second kappa shape index (κ2) is 6.30. The SMILES string of the molecule is C=C(C)C(=O)OCOP1Oc2ccccc2-c2ccccc21. The number of esters is 1. The molecule has 2 aromatic carbocycles. The minimum absolute atomic E-state index is 0.159. The number of rotatable bonds is 4. The molecule has 1 atom stereocenters. The number of carbonyl (C=O) groups is 1. The summed E-state index contributed by atoms with van der Waals surface area (Å²) < 4.78 is 16.6. The van der Waals surface area contributed by atoms with Crippen molar-refractivity contribution >= 4 is 19.6 Å². The topological polar surface area (TPSA) is 44.8 Å². The molecule has 22 heavy (non-hydrogen) atoms. The van der Waals surface area contributed by atoms with E-state index < -0.39 is 14.3 Å². The van der Waals surface area contributed by atoms with Crippen molar-refractivity contribution in [1.29, 1.82) is 0 Å². The van der Waals surface area contributed by atoms with Crippen LogP contribution < -0.4 is 9.83 Å². The van der Waals surface area contributed by atoms with E-state index in [9.17, 15) is 4.79 Å². The van der Waals surface area contributed by atoms with Gasteiger partial charge in [0.05, 0.1) is 5.30 Å². The fraction of sp³-hybridized carbons (Fsp3) is 0.118. The quantitative estimate of drug-likeness (QED) is 0.373. The van der Waals surface area contributed by atoms with E-state index in [0.29, 0.717) is 5.57 Å². The Morgan fingerprint density at radius 2 is 1.82 bits per heavy atom. The normalized spacial score (nSPS) is 15.2. The highest BCUT2D eigenvalue weighted by molar-refractivity contribution is 7.56. The molecular weight excluding hydrogens is 299 g/mol. The Morgan fingerprint density at radius 3 is 2.59 bits per heavy atom. The summed E-state index contributed by atoms with van der Waals surface area (Å²) in [5.74, 6) is 0.305. The maximum absolute atomic E-state index is 11.4. The van der Waals surface area contributed by atoms with E-state index >= 15 is 0 Å². The molecule has 4 nitrogen and oxygen atoms in total. The predicted molar refractivity (Wildman–Crippen MR) is 85.9 cm³/mol. The summed E-state index contributed by atoms with van der Waals surface area (Å²) in [6.45, 7) is 4.96. The average molecular weight is 314 g/mol. The van der Waals surface area contributed by atoms with Gasteiger partial charge in [0.15, 0.2) is 6.79 Å². The molecule has 5 heteroatoms. The van der Waals surface area contributed by atoms with Crippen LogP contribution in [0.1, 0.15) is 6.92 Å². The lowest BCUT2D eigenvalue weighted by molar-refractivity contribution is -0.145. The number of ether oxygens (including phenoxy) is 1. The van der Waals surface area contributed by atoms with Gasteiger partial charge in [-0.1, -0.05) is 43.0 Å². The van der Waals surface area contributed by atoms with Crippen molar-refractivity contribution in [3.05, 3.63) is 60.7 Å². The van der Waals surface area contributed by atoms with Crippen LogP contribution in [-0.4, -0.2) is 12.8 Å². The second-order valence-corrected chi connectivity index (χ2v) is 6.26. The maximum Gasteiger partial charge on any atom is 0.335 e. The van der Waals surface area contributed by atoms with Crippen LogP contribution in [-0.2, 0) is 14.1 Å². The molecule has 0 aromatic heterocycles. The fourth-order valence-electron chi connectivity index (χ4n) is 2.11. The molecule has 0 saturated heterocycles. The van der Waals surface area contributed by atoms with E-state index in [1.54, 1.807) is 6.92 Å². The van der Waals surface area contributed by atoms with E-state index in [4.69, 9.17) is 13.8 Å². The van der Waals surface area contributed by atoms with Gasteiger partial charge in [-0.25, -0.2) is 4.79 Å². The lowest BCUT2D eigenvalue weighted by Gasteiger charge is -2.26. The first-order chi connectivity index (χ1) is 10.7. The summed E-state index contributed by atoms with van der Waals surface area (Å²) in [6.07, 6.45) is 0. The molecule has 1 heterocycles. The number of para-hydroxylation sites is 1. The molecule has 112 valence electrons. The molecule has 0 N–H and O–H groups in total. The number of hydrogen-bond donors (Lipinski definition) is 0. The predicted octanol–water partition coefficient (Wildman–Crippen LogP) is 3.78. The van der Waals surface area contributed by atoms with Gasteiger partial charge in [-0.15, -0.1) is 0 Å². The number of hydrogen-bond acceptors (Lipinski definition) is 4. The summed E-state index contributed by atoms with van der Waals surface area (Å²) in [5, 5.41) is 0.975. The van der Waals surface area contributed by atoms with Crippen molar-refractivity contribution in [2.75, 3.05) is 6.79 Å². The monoisotopic (exact) mass is 314 g/mol. The summed E-state index contributed by atoms with van der Waals surface area (Å²) >= 11 is 0. The van der Waals surface area contributed by atoms with Gasteiger partial charge in [-0.05, 0) is 24.6 Å². The van der Waals surface area contributed by atoms with E-state index in [1.165, 1.54) is 0 Å². The van der Waals surface area contributed by atoms with Crippen LogP contribution >= 0.6 is 8.38 Å². The molecule has 0 radical (unpaired) electrons. The Kier molecular flexibility index (Phi) is 4.23. The maximum atomic E-state index is 11.4. The van der Waals surface area contributed by atoms with E-state index in [1.807, 2.05) is 48.5 Å². The van der Waals surface area contributed by atoms with Crippen molar-refractivity contribution < 1.29 is 18.6 Å². The van der Waals surface area contributed by atoms with Crippen LogP contribution in [0.3, 0.4) is 0 Å². The molecular formula is C17H15O4P. The van der Waals surface area contributed by atoms with E-state index in [-0.39, 0.29) is 6.79 Å². The highest BCUT2D eigenvalue weighted by Gasteiger charge is 2.27. The van der Waals surface area contributed by atoms with Crippen molar-refractivity contribution in [3.63, 3.8) is 0 Å². The van der Waals surface area contributed by atoms with Crippen LogP contribution in [0.4, 0.5) is 0 Å². The molecule has 0 saturated carbocycles. The highest BCUT2D eigenvalue weighted by atomic mass is 31.2. The second-order valence-electron chi connectivity index (χ2n) is 4.82. The molecule has 1 aliphatic heterocycles. The van der Waals surface area contributed by atoms with Gasteiger partial charge in [0.1, 0.15) is 5.75 Å². The Morgan fingerprint density at radius 1 is 1.14 bits per heavy atom. The van der Waals surface area contributed by atoms with Crippen LogP contribution in [0.2, 0.25) is 0 Å². The Hall–Kier alpha value is -2.16. The Labute approximate surface area is 130 Å². The summed E-state index contributed by atoms with van der Waals surface area (Å²) in [6, 6.07) is 15.7. The molecule has 0 aliphatic carbocycles. The third-order valence-corrected chi connectivity index (χ3v) is 4.65. The van der Waals surface area contributed by atoms with Crippen molar-refractivity contribution in [3.8, 4) is 16.9 Å². The first-order valence-corrected chi connectivity index (χ1v) is 7.96. The van der Waals surface area contributed by atoms with Crippen LogP contribution in [0.15, 0.2) is 60.7 Å². The average Bonchev–Trinajstić information content (AvgIpc) is 2.54. The highest BCUT2D eigenvalue weighted by Crippen LogP contribution is 2.49. The van der Waals surface area contributed by atoms with Crippen molar-refractivity contribution in [1.82, 2.24) is 0 Å². The third-order valence-electron chi connectivity index (χ3n) is 3.17. The summed E-state index contributed by atoms with van der Waals surface area (Å²) in [7, 11) is -1.33. The summed E-state index contributed by atoms with van der Waals surface area (Å²) in [4.78, 5) is 11.4. The van der Waals surface area contributed by atoms with Gasteiger partial charge >= 0.3 is 5.97 Å². The van der Waals surface area contributed by atoms with E-state index in [2.05, 4.69) is 6.58 Å². The van der Waals surface area contributed by atoms with Crippen LogP contribution in [0.5, 0.6) is 5.75 Å². The van der Waals surface area contributed by atoms with Crippen LogP contribution in [0.25, 0.3) is 11.1 Å². The largest absolute Gasteiger partial charge is 0.443 e. The molecule has 1 unspecified atom stereocenters. The molecule has 2 aromatic rings. The molecule has 0 amide bonds.